The first-order valence-electron chi connectivity index (χ1n) is 6.29. The lowest BCUT2D eigenvalue weighted by Crippen LogP contribution is -2.37. The highest BCUT2D eigenvalue weighted by Crippen LogP contribution is 2.19. The highest BCUT2D eigenvalue weighted by molar-refractivity contribution is 4.92. The van der Waals surface area contributed by atoms with Gasteiger partial charge in [0.1, 0.15) is 5.82 Å². The molecule has 2 unspecified atom stereocenters. The Morgan fingerprint density at radius 1 is 1.71 bits per heavy atom. The van der Waals surface area contributed by atoms with Crippen LogP contribution in [-0.2, 0) is 18.2 Å². The summed E-state index contributed by atoms with van der Waals surface area (Å²) in [6.07, 6.45) is 8.07. The summed E-state index contributed by atoms with van der Waals surface area (Å²) in [6, 6.07) is 0.360. The van der Waals surface area contributed by atoms with Gasteiger partial charge in [-0.3, -0.25) is 11.3 Å². The SMILES string of the molecule is Cn1ccnc1CCC(CC1CCOC1)NN. The minimum absolute atomic E-state index is 0.360. The Kier molecular flexibility index (Phi) is 4.53. The Morgan fingerprint density at radius 2 is 2.59 bits per heavy atom. The van der Waals surface area contributed by atoms with Crippen LogP contribution in [-0.4, -0.2) is 28.8 Å². The molecule has 1 saturated heterocycles. The number of hydrogen-bond acceptors (Lipinski definition) is 4. The molecule has 0 aliphatic carbocycles. The Labute approximate surface area is 102 Å². The minimum Gasteiger partial charge on any atom is -0.381 e. The van der Waals surface area contributed by atoms with Crippen molar-refractivity contribution in [2.75, 3.05) is 13.2 Å². The molecule has 5 nitrogen and oxygen atoms in total. The van der Waals surface area contributed by atoms with E-state index in [-0.39, 0.29) is 0 Å². The molecule has 1 aliphatic rings. The zero-order valence-electron chi connectivity index (χ0n) is 10.4. The van der Waals surface area contributed by atoms with E-state index >= 15 is 0 Å². The number of ether oxygens (including phenoxy) is 1. The third kappa shape index (κ3) is 3.52. The standard InChI is InChI=1S/C12H22N4O/c1-16-6-5-14-12(16)3-2-11(15-13)8-10-4-7-17-9-10/h5-6,10-11,15H,2-4,7-9,13H2,1H3. The number of nitrogens with two attached hydrogens (primary N) is 1. The van der Waals surface area contributed by atoms with Gasteiger partial charge in [0, 0.05) is 45.1 Å². The summed E-state index contributed by atoms with van der Waals surface area (Å²) >= 11 is 0. The maximum atomic E-state index is 5.61. The first-order chi connectivity index (χ1) is 8.29. The topological polar surface area (TPSA) is 65.1 Å². The Hall–Kier alpha value is -0.910. The van der Waals surface area contributed by atoms with Gasteiger partial charge < -0.3 is 9.30 Å². The van der Waals surface area contributed by atoms with E-state index in [0.29, 0.717) is 12.0 Å². The van der Waals surface area contributed by atoms with Gasteiger partial charge in [-0.05, 0) is 25.2 Å². The van der Waals surface area contributed by atoms with Crippen molar-refractivity contribution in [1.82, 2.24) is 15.0 Å². The van der Waals surface area contributed by atoms with Gasteiger partial charge in [0.25, 0.3) is 0 Å². The Morgan fingerprint density at radius 3 is 3.18 bits per heavy atom. The fourth-order valence-corrected chi connectivity index (χ4v) is 2.38. The van der Waals surface area contributed by atoms with Crippen molar-refractivity contribution in [3.05, 3.63) is 18.2 Å². The van der Waals surface area contributed by atoms with Gasteiger partial charge in [-0.15, -0.1) is 0 Å². The lowest BCUT2D eigenvalue weighted by molar-refractivity contribution is 0.181. The van der Waals surface area contributed by atoms with Crippen LogP contribution in [0.1, 0.15) is 25.1 Å². The molecule has 0 aromatic carbocycles. The van der Waals surface area contributed by atoms with E-state index < -0.39 is 0 Å². The van der Waals surface area contributed by atoms with Crippen LogP contribution in [0.2, 0.25) is 0 Å². The van der Waals surface area contributed by atoms with Crippen molar-refractivity contribution < 1.29 is 4.74 Å². The van der Waals surface area contributed by atoms with Crippen molar-refractivity contribution >= 4 is 0 Å². The second-order valence-electron chi connectivity index (χ2n) is 4.82. The van der Waals surface area contributed by atoms with Crippen LogP contribution in [0.4, 0.5) is 0 Å². The molecular formula is C12H22N4O. The maximum absolute atomic E-state index is 5.61. The van der Waals surface area contributed by atoms with E-state index in [4.69, 9.17) is 10.6 Å². The fourth-order valence-electron chi connectivity index (χ4n) is 2.38. The molecule has 0 amide bonds. The number of aryl methyl sites for hydroxylation is 2. The molecule has 2 atom stereocenters. The monoisotopic (exact) mass is 238 g/mol. The number of hydrazine groups is 1. The number of rotatable bonds is 6. The van der Waals surface area contributed by atoms with Crippen molar-refractivity contribution in [2.45, 2.75) is 31.7 Å². The smallest absolute Gasteiger partial charge is 0.108 e. The van der Waals surface area contributed by atoms with Crippen LogP contribution in [0.25, 0.3) is 0 Å². The second kappa shape index (κ2) is 6.14. The number of nitrogens with zero attached hydrogens (tertiary/aromatic N) is 2. The number of nitrogens with one attached hydrogen (secondary N) is 1. The molecule has 2 rings (SSSR count). The summed E-state index contributed by atoms with van der Waals surface area (Å²) in [7, 11) is 2.03. The molecule has 2 heterocycles. The van der Waals surface area contributed by atoms with Gasteiger partial charge in [0.15, 0.2) is 0 Å². The summed E-state index contributed by atoms with van der Waals surface area (Å²) < 4.78 is 7.45. The fraction of sp³-hybridized carbons (Fsp3) is 0.750. The van der Waals surface area contributed by atoms with Crippen LogP contribution >= 0.6 is 0 Å². The second-order valence-corrected chi connectivity index (χ2v) is 4.82. The predicted octanol–water partition coefficient (Wildman–Crippen LogP) is 0.611. The van der Waals surface area contributed by atoms with E-state index in [1.807, 2.05) is 19.4 Å². The molecule has 5 heteroatoms. The van der Waals surface area contributed by atoms with Crippen molar-refractivity contribution in [3.63, 3.8) is 0 Å². The molecule has 96 valence electrons. The van der Waals surface area contributed by atoms with Gasteiger partial charge >= 0.3 is 0 Å². The zero-order valence-corrected chi connectivity index (χ0v) is 10.4. The van der Waals surface area contributed by atoms with E-state index in [2.05, 4.69) is 15.0 Å². The third-order valence-electron chi connectivity index (χ3n) is 3.51. The van der Waals surface area contributed by atoms with E-state index in [0.717, 1.165) is 38.3 Å². The zero-order chi connectivity index (χ0) is 12.1. The van der Waals surface area contributed by atoms with Crippen molar-refractivity contribution in [3.8, 4) is 0 Å². The quantitative estimate of drug-likeness (QED) is 0.563. The average Bonchev–Trinajstić information content (AvgIpc) is 2.96. The van der Waals surface area contributed by atoms with Crippen LogP contribution in [0.15, 0.2) is 12.4 Å². The number of imidazole rings is 1. The molecule has 0 saturated carbocycles. The summed E-state index contributed by atoms with van der Waals surface area (Å²) in [4.78, 5) is 4.32. The summed E-state index contributed by atoms with van der Waals surface area (Å²) in [6.45, 7) is 1.79. The minimum atomic E-state index is 0.360. The van der Waals surface area contributed by atoms with Crippen molar-refractivity contribution in [2.24, 2.45) is 18.8 Å². The Bertz CT molecular complexity index is 333. The van der Waals surface area contributed by atoms with E-state index in [9.17, 15) is 0 Å². The molecule has 1 aliphatic heterocycles. The van der Waals surface area contributed by atoms with Crippen LogP contribution in [0.3, 0.4) is 0 Å². The lowest BCUT2D eigenvalue weighted by Gasteiger charge is -2.18. The molecule has 0 spiro atoms. The molecule has 3 N–H and O–H groups in total. The average molecular weight is 238 g/mol. The summed E-state index contributed by atoms with van der Waals surface area (Å²) in [5, 5.41) is 0. The highest BCUT2D eigenvalue weighted by Gasteiger charge is 2.20. The number of aromatic nitrogens is 2. The van der Waals surface area contributed by atoms with E-state index in [1.165, 1.54) is 6.42 Å². The van der Waals surface area contributed by atoms with Crippen LogP contribution in [0, 0.1) is 5.92 Å². The molecular weight excluding hydrogens is 216 g/mol. The first kappa shape index (κ1) is 12.5. The Balaban J connectivity index is 1.77. The van der Waals surface area contributed by atoms with E-state index in [1.54, 1.807) is 0 Å². The normalized spacial score (nSPS) is 21.9. The molecule has 0 radical (unpaired) electrons. The van der Waals surface area contributed by atoms with Gasteiger partial charge in [-0.25, -0.2) is 4.98 Å². The third-order valence-corrected chi connectivity index (χ3v) is 3.51. The predicted molar refractivity (Wildman–Crippen MR) is 66.2 cm³/mol. The van der Waals surface area contributed by atoms with Gasteiger partial charge in [-0.1, -0.05) is 0 Å². The largest absolute Gasteiger partial charge is 0.381 e. The first-order valence-corrected chi connectivity index (χ1v) is 6.29. The summed E-state index contributed by atoms with van der Waals surface area (Å²) in [5.41, 5.74) is 2.92. The van der Waals surface area contributed by atoms with Crippen LogP contribution in [0.5, 0.6) is 0 Å². The molecule has 1 aromatic heterocycles. The summed E-state index contributed by atoms with van der Waals surface area (Å²) in [5.74, 6) is 7.39. The molecule has 1 aromatic rings. The van der Waals surface area contributed by atoms with Gasteiger partial charge in [0.05, 0.1) is 0 Å². The molecule has 0 bridgehead atoms. The van der Waals surface area contributed by atoms with Crippen LogP contribution < -0.4 is 11.3 Å². The van der Waals surface area contributed by atoms with Crippen molar-refractivity contribution in [1.29, 1.82) is 0 Å². The number of hydrogen-bond donors (Lipinski definition) is 2. The molecule has 17 heavy (non-hydrogen) atoms. The van der Waals surface area contributed by atoms with Gasteiger partial charge in [0.2, 0.25) is 0 Å². The molecule has 1 fully saturated rings. The van der Waals surface area contributed by atoms with Gasteiger partial charge in [-0.2, -0.15) is 0 Å². The maximum Gasteiger partial charge on any atom is 0.108 e. The highest BCUT2D eigenvalue weighted by atomic mass is 16.5. The lowest BCUT2D eigenvalue weighted by atomic mass is 9.96.